The number of hydrogen-bond acceptors (Lipinski definition) is 1. The molecule has 2 fully saturated rings. The number of halogens is 2. The minimum Gasteiger partial charge on any atom is -0.258 e. The Hall–Kier alpha value is 0.01000. The molecule has 0 N–H and O–H groups in total. The van der Waals surface area contributed by atoms with E-state index in [1.165, 1.54) is 0 Å². The van der Waals surface area contributed by atoms with Crippen LogP contribution in [0.1, 0.15) is 78.1 Å². The van der Waals surface area contributed by atoms with Gasteiger partial charge in [-0.15, -0.1) is 0 Å². The molecular weight excluding hydrogens is 278 g/mol. The standard InChI is InChI=1S/C16H28F2OS/c1-3-15(9-5-7-13(17)11-15)20(19)16(4-2)10-6-8-14(18)12-16/h13-14H,3-12H2,1-2H3. The van der Waals surface area contributed by atoms with Crippen LogP contribution in [0.3, 0.4) is 0 Å². The first-order chi connectivity index (χ1) is 9.48. The van der Waals surface area contributed by atoms with Gasteiger partial charge >= 0.3 is 0 Å². The van der Waals surface area contributed by atoms with Gasteiger partial charge in [-0.3, -0.25) is 4.21 Å². The summed E-state index contributed by atoms with van der Waals surface area (Å²) in [5, 5.41) is 0. The highest BCUT2D eigenvalue weighted by atomic mass is 32.2. The van der Waals surface area contributed by atoms with Crippen LogP contribution in [0.2, 0.25) is 0 Å². The molecule has 2 aliphatic rings. The zero-order valence-corrected chi connectivity index (χ0v) is 13.6. The van der Waals surface area contributed by atoms with E-state index in [4.69, 9.17) is 0 Å². The average Bonchev–Trinajstić information content (AvgIpc) is 2.46. The van der Waals surface area contributed by atoms with Gasteiger partial charge in [0, 0.05) is 20.3 Å². The fraction of sp³-hybridized carbons (Fsp3) is 1.00. The Balaban J connectivity index is 2.25. The minimum atomic E-state index is -1.13. The highest BCUT2D eigenvalue weighted by molar-refractivity contribution is 7.87. The van der Waals surface area contributed by atoms with Crippen LogP contribution in [0, 0.1) is 0 Å². The van der Waals surface area contributed by atoms with Crippen LogP contribution in [0.5, 0.6) is 0 Å². The summed E-state index contributed by atoms with van der Waals surface area (Å²) in [5.41, 5.74) is 0. The summed E-state index contributed by atoms with van der Waals surface area (Å²) < 4.78 is 40.3. The van der Waals surface area contributed by atoms with Gasteiger partial charge in [0.05, 0.1) is 0 Å². The third kappa shape index (κ3) is 2.95. The second-order valence-electron chi connectivity index (χ2n) is 6.73. The Kier molecular flexibility index (Phi) is 5.25. The first-order valence-corrected chi connectivity index (χ1v) is 9.33. The van der Waals surface area contributed by atoms with Crippen molar-refractivity contribution in [3.8, 4) is 0 Å². The predicted molar refractivity (Wildman–Crippen MR) is 80.9 cm³/mol. The second-order valence-corrected chi connectivity index (χ2v) is 9.00. The van der Waals surface area contributed by atoms with Crippen molar-refractivity contribution >= 4 is 10.8 Å². The molecule has 0 radical (unpaired) electrons. The summed E-state index contributed by atoms with van der Waals surface area (Å²) in [4.78, 5) is 0. The van der Waals surface area contributed by atoms with Crippen molar-refractivity contribution < 1.29 is 13.0 Å². The smallest absolute Gasteiger partial charge is 0.102 e. The normalized spacial score (nSPS) is 44.2. The SMILES string of the molecule is CCC1(S(=O)C2(CC)CCCC(F)C2)CCCC(F)C1. The molecule has 0 saturated heterocycles. The fourth-order valence-corrected chi connectivity index (χ4v) is 6.97. The van der Waals surface area contributed by atoms with E-state index in [9.17, 15) is 13.0 Å². The average molecular weight is 306 g/mol. The zero-order chi connectivity index (χ0) is 14.8. The van der Waals surface area contributed by atoms with Crippen molar-refractivity contribution in [1.82, 2.24) is 0 Å². The Morgan fingerprint density at radius 1 is 0.950 bits per heavy atom. The Bertz CT molecular complexity index is 330. The third-order valence-corrected chi connectivity index (χ3v) is 8.45. The minimum absolute atomic E-state index is 0.412. The van der Waals surface area contributed by atoms with Crippen LogP contribution < -0.4 is 0 Å². The molecule has 4 unspecified atom stereocenters. The monoisotopic (exact) mass is 306 g/mol. The van der Waals surface area contributed by atoms with Crippen LogP contribution in [0.15, 0.2) is 0 Å². The summed E-state index contributed by atoms with van der Waals surface area (Å²) in [6.07, 6.45) is 5.19. The third-order valence-electron chi connectivity index (χ3n) is 5.56. The predicted octanol–water partition coefficient (Wildman–Crippen LogP) is 4.86. The molecule has 2 rings (SSSR count). The first-order valence-electron chi connectivity index (χ1n) is 8.18. The first kappa shape index (κ1) is 16.4. The van der Waals surface area contributed by atoms with Gasteiger partial charge in [0.2, 0.25) is 0 Å². The van der Waals surface area contributed by atoms with Gasteiger partial charge in [-0.1, -0.05) is 13.8 Å². The molecule has 0 aromatic heterocycles. The summed E-state index contributed by atoms with van der Waals surface area (Å²) in [5.74, 6) is 0. The topological polar surface area (TPSA) is 17.1 Å². The van der Waals surface area contributed by atoms with Crippen molar-refractivity contribution in [2.45, 2.75) is 99.9 Å². The quantitative estimate of drug-likeness (QED) is 0.725. The maximum Gasteiger partial charge on any atom is 0.102 e. The van der Waals surface area contributed by atoms with Gasteiger partial charge in [0.15, 0.2) is 0 Å². The lowest BCUT2D eigenvalue weighted by Gasteiger charge is -2.47. The molecule has 1 nitrogen and oxygen atoms in total. The largest absolute Gasteiger partial charge is 0.258 e. The lowest BCUT2D eigenvalue weighted by atomic mass is 9.84. The van der Waals surface area contributed by atoms with Gasteiger partial charge < -0.3 is 0 Å². The number of alkyl halides is 2. The molecule has 0 aromatic carbocycles. The summed E-state index contributed by atoms with van der Waals surface area (Å²) in [7, 11) is -1.13. The van der Waals surface area contributed by atoms with Crippen molar-refractivity contribution in [2.75, 3.05) is 0 Å². The summed E-state index contributed by atoms with van der Waals surface area (Å²) >= 11 is 0. The van der Waals surface area contributed by atoms with Crippen LogP contribution in [-0.4, -0.2) is 26.0 Å². The van der Waals surface area contributed by atoms with E-state index in [0.29, 0.717) is 25.7 Å². The summed E-state index contributed by atoms with van der Waals surface area (Å²) in [6.45, 7) is 4.05. The highest BCUT2D eigenvalue weighted by Crippen LogP contribution is 2.47. The van der Waals surface area contributed by atoms with E-state index in [0.717, 1.165) is 38.5 Å². The maximum absolute atomic E-state index is 13.9. The van der Waals surface area contributed by atoms with Crippen LogP contribution in [-0.2, 0) is 10.8 Å². The van der Waals surface area contributed by atoms with E-state index in [1.807, 2.05) is 13.8 Å². The van der Waals surface area contributed by atoms with E-state index in [-0.39, 0.29) is 0 Å². The molecule has 0 bridgehead atoms. The van der Waals surface area contributed by atoms with Crippen LogP contribution in [0.4, 0.5) is 8.78 Å². The molecule has 118 valence electrons. The lowest BCUT2D eigenvalue weighted by Crippen LogP contribution is -2.52. The molecule has 2 aliphatic carbocycles. The van der Waals surface area contributed by atoms with Gasteiger partial charge in [-0.05, 0) is 64.2 Å². The Morgan fingerprint density at radius 3 is 1.65 bits per heavy atom. The molecular formula is C16H28F2OS. The Labute approximate surface area is 124 Å². The molecule has 0 heterocycles. The summed E-state index contributed by atoms with van der Waals surface area (Å²) in [6, 6.07) is 0. The fourth-order valence-electron chi connectivity index (χ4n) is 4.21. The Morgan fingerprint density at radius 2 is 1.35 bits per heavy atom. The van der Waals surface area contributed by atoms with Gasteiger partial charge in [0.25, 0.3) is 0 Å². The van der Waals surface area contributed by atoms with E-state index in [1.54, 1.807) is 0 Å². The van der Waals surface area contributed by atoms with Gasteiger partial charge in [-0.25, -0.2) is 8.78 Å². The van der Waals surface area contributed by atoms with E-state index >= 15 is 0 Å². The molecule has 0 spiro atoms. The van der Waals surface area contributed by atoms with Crippen molar-refractivity contribution in [3.05, 3.63) is 0 Å². The van der Waals surface area contributed by atoms with Crippen LogP contribution >= 0.6 is 0 Å². The molecule has 2 saturated carbocycles. The van der Waals surface area contributed by atoms with Crippen molar-refractivity contribution in [1.29, 1.82) is 0 Å². The lowest BCUT2D eigenvalue weighted by molar-refractivity contribution is 0.193. The van der Waals surface area contributed by atoms with Crippen molar-refractivity contribution in [2.24, 2.45) is 0 Å². The van der Waals surface area contributed by atoms with Crippen molar-refractivity contribution in [3.63, 3.8) is 0 Å². The molecule has 4 atom stereocenters. The highest BCUT2D eigenvalue weighted by Gasteiger charge is 2.50. The van der Waals surface area contributed by atoms with Crippen LogP contribution in [0.25, 0.3) is 0 Å². The maximum atomic E-state index is 13.9. The van der Waals surface area contributed by atoms with Gasteiger partial charge in [-0.2, -0.15) is 0 Å². The number of hydrogen-bond donors (Lipinski definition) is 0. The van der Waals surface area contributed by atoms with E-state index < -0.39 is 32.6 Å². The molecule has 4 heteroatoms. The molecule has 0 amide bonds. The second kappa shape index (κ2) is 6.41. The molecule has 0 aromatic rings. The number of rotatable bonds is 4. The van der Waals surface area contributed by atoms with Gasteiger partial charge in [0.1, 0.15) is 12.3 Å². The van der Waals surface area contributed by atoms with E-state index in [2.05, 4.69) is 0 Å². The molecule has 0 aliphatic heterocycles. The zero-order valence-electron chi connectivity index (χ0n) is 12.8. The molecule has 20 heavy (non-hydrogen) atoms.